The second-order valence-corrected chi connectivity index (χ2v) is 4.88. The van der Waals surface area contributed by atoms with Crippen LogP contribution in [0.2, 0.25) is 0 Å². The van der Waals surface area contributed by atoms with Gasteiger partial charge in [-0.1, -0.05) is 18.2 Å². The Labute approximate surface area is 111 Å². The zero-order valence-corrected chi connectivity index (χ0v) is 10.7. The summed E-state index contributed by atoms with van der Waals surface area (Å²) in [6, 6.07) is 7.02. The van der Waals surface area contributed by atoms with Crippen LogP contribution in [-0.4, -0.2) is 23.9 Å². The molecule has 2 unspecified atom stereocenters. The third-order valence-electron chi connectivity index (χ3n) is 3.42. The van der Waals surface area contributed by atoms with Gasteiger partial charge in [-0.15, -0.1) is 0 Å². The monoisotopic (exact) mass is 271 g/mol. The molecule has 3 nitrogen and oxygen atoms in total. The minimum atomic E-state index is -2.81. The molecule has 5 heteroatoms. The lowest BCUT2D eigenvalue weighted by atomic mass is 9.93. The summed E-state index contributed by atoms with van der Waals surface area (Å²) in [5.74, 6) is 0.210. The number of nitrogens with one attached hydrogen (secondary N) is 1. The Balaban J connectivity index is 1.91. The van der Waals surface area contributed by atoms with Crippen LogP contribution < -0.4 is 10.1 Å². The Morgan fingerprint density at radius 2 is 2.11 bits per heavy atom. The Kier molecular flexibility index (Phi) is 5.10. The van der Waals surface area contributed by atoms with Crippen LogP contribution in [0.4, 0.5) is 8.78 Å². The van der Waals surface area contributed by atoms with Crippen molar-refractivity contribution in [2.75, 3.05) is 0 Å². The van der Waals surface area contributed by atoms with Crippen molar-refractivity contribution in [3.05, 3.63) is 29.8 Å². The van der Waals surface area contributed by atoms with Crippen LogP contribution in [0.25, 0.3) is 0 Å². The maximum absolute atomic E-state index is 12.3. The molecular formula is C14H19F2NO2. The maximum atomic E-state index is 12.3. The van der Waals surface area contributed by atoms with E-state index in [9.17, 15) is 13.9 Å². The highest BCUT2D eigenvalue weighted by Gasteiger charge is 2.20. The highest BCUT2D eigenvalue weighted by atomic mass is 19.3. The van der Waals surface area contributed by atoms with Gasteiger partial charge in [0.05, 0.1) is 6.10 Å². The largest absolute Gasteiger partial charge is 0.434 e. The van der Waals surface area contributed by atoms with E-state index in [1.54, 1.807) is 24.3 Å². The number of aliphatic hydroxyl groups is 1. The smallest absolute Gasteiger partial charge is 0.387 e. The zero-order valence-electron chi connectivity index (χ0n) is 10.7. The van der Waals surface area contributed by atoms with Crippen LogP contribution >= 0.6 is 0 Å². The molecule has 1 saturated carbocycles. The topological polar surface area (TPSA) is 41.5 Å². The van der Waals surface area contributed by atoms with Gasteiger partial charge in [-0.25, -0.2) is 0 Å². The minimum absolute atomic E-state index is 0.210. The van der Waals surface area contributed by atoms with Crippen LogP contribution in [0.15, 0.2) is 24.3 Å². The third kappa shape index (κ3) is 4.44. The highest BCUT2D eigenvalue weighted by Crippen LogP contribution is 2.22. The molecule has 1 fully saturated rings. The van der Waals surface area contributed by atoms with Crippen molar-refractivity contribution in [2.24, 2.45) is 0 Å². The molecule has 1 aliphatic rings. The molecule has 0 aliphatic heterocycles. The molecule has 2 N–H and O–H groups in total. The van der Waals surface area contributed by atoms with Gasteiger partial charge in [0.25, 0.3) is 0 Å². The number of para-hydroxylation sites is 1. The molecule has 0 heterocycles. The Hall–Kier alpha value is -1.20. The lowest BCUT2D eigenvalue weighted by molar-refractivity contribution is -0.0505. The fourth-order valence-electron chi connectivity index (χ4n) is 2.46. The van der Waals surface area contributed by atoms with E-state index in [-0.39, 0.29) is 17.9 Å². The van der Waals surface area contributed by atoms with Crippen molar-refractivity contribution in [3.8, 4) is 5.75 Å². The fourth-order valence-corrected chi connectivity index (χ4v) is 2.46. The van der Waals surface area contributed by atoms with Gasteiger partial charge >= 0.3 is 6.61 Å². The molecule has 0 radical (unpaired) electrons. The normalized spacial score (nSPS) is 23.6. The van der Waals surface area contributed by atoms with Crippen molar-refractivity contribution < 1.29 is 18.6 Å². The maximum Gasteiger partial charge on any atom is 0.387 e. The van der Waals surface area contributed by atoms with Crippen LogP contribution in [0.1, 0.15) is 31.2 Å². The summed E-state index contributed by atoms with van der Waals surface area (Å²) in [4.78, 5) is 0. The second kappa shape index (κ2) is 6.82. The number of alkyl halides is 2. The predicted octanol–water partition coefficient (Wildman–Crippen LogP) is 2.68. The number of rotatable bonds is 5. The summed E-state index contributed by atoms with van der Waals surface area (Å²) in [5, 5.41) is 12.9. The average Bonchev–Trinajstić information content (AvgIpc) is 2.37. The van der Waals surface area contributed by atoms with E-state index < -0.39 is 6.61 Å². The van der Waals surface area contributed by atoms with E-state index >= 15 is 0 Å². The van der Waals surface area contributed by atoms with Crippen molar-refractivity contribution in [2.45, 2.75) is 51.0 Å². The van der Waals surface area contributed by atoms with E-state index in [4.69, 9.17) is 0 Å². The molecule has 0 saturated heterocycles. The van der Waals surface area contributed by atoms with E-state index in [0.717, 1.165) is 25.7 Å². The minimum Gasteiger partial charge on any atom is -0.434 e. The molecule has 0 bridgehead atoms. The molecule has 1 aromatic carbocycles. The van der Waals surface area contributed by atoms with Gasteiger partial charge in [-0.05, 0) is 31.7 Å². The first-order chi connectivity index (χ1) is 9.15. The van der Waals surface area contributed by atoms with Gasteiger partial charge in [0, 0.05) is 18.2 Å². The van der Waals surface area contributed by atoms with Gasteiger partial charge in [-0.2, -0.15) is 8.78 Å². The van der Waals surface area contributed by atoms with Crippen molar-refractivity contribution in [3.63, 3.8) is 0 Å². The van der Waals surface area contributed by atoms with Crippen molar-refractivity contribution in [1.82, 2.24) is 5.32 Å². The van der Waals surface area contributed by atoms with E-state index in [1.165, 1.54) is 0 Å². The predicted molar refractivity (Wildman–Crippen MR) is 68.2 cm³/mol. The Bertz CT molecular complexity index is 401. The first kappa shape index (κ1) is 14.2. The molecule has 19 heavy (non-hydrogen) atoms. The SMILES string of the molecule is OC1CCCC(NCc2ccccc2OC(F)F)C1. The fraction of sp³-hybridized carbons (Fsp3) is 0.571. The first-order valence-electron chi connectivity index (χ1n) is 6.59. The zero-order chi connectivity index (χ0) is 13.7. The Morgan fingerprint density at radius 3 is 2.84 bits per heavy atom. The molecule has 1 aromatic rings. The number of benzene rings is 1. The molecule has 2 rings (SSSR count). The Morgan fingerprint density at radius 1 is 1.32 bits per heavy atom. The number of hydrogen-bond acceptors (Lipinski definition) is 3. The number of ether oxygens (including phenoxy) is 1. The van der Waals surface area contributed by atoms with Crippen LogP contribution in [0, 0.1) is 0 Å². The highest BCUT2D eigenvalue weighted by molar-refractivity contribution is 5.33. The third-order valence-corrected chi connectivity index (χ3v) is 3.42. The van der Waals surface area contributed by atoms with E-state index in [2.05, 4.69) is 10.1 Å². The van der Waals surface area contributed by atoms with E-state index in [0.29, 0.717) is 12.1 Å². The molecule has 106 valence electrons. The quantitative estimate of drug-likeness (QED) is 0.865. The second-order valence-electron chi connectivity index (χ2n) is 4.88. The molecule has 2 atom stereocenters. The summed E-state index contributed by atoms with van der Waals surface area (Å²) in [6.07, 6.45) is 3.32. The number of halogens is 2. The summed E-state index contributed by atoms with van der Waals surface area (Å²) in [5.41, 5.74) is 0.711. The lowest BCUT2D eigenvalue weighted by Gasteiger charge is -2.27. The van der Waals surface area contributed by atoms with Crippen LogP contribution in [-0.2, 0) is 6.54 Å². The summed E-state index contributed by atoms with van der Waals surface area (Å²) >= 11 is 0. The summed E-state index contributed by atoms with van der Waals surface area (Å²) < 4.78 is 29.0. The van der Waals surface area contributed by atoms with Gasteiger partial charge in [-0.3, -0.25) is 0 Å². The van der Waals surface area contributed by atoms with Gasteiger partial charge in [0.2, 0.25) is 0 Å². The molecule has 0 aromatic heterocycles. The summed E-state index contributed by atoms with van der Waals surface area (Å²) in [6.45, 7) is -2.34. The number of aliphatic hydroxyl groups excluding tert-OH is 1. The average molecular weight is 271 g/mol. The standard InChI is InChI=1S/C14H19F2NO2/c15-14(16)19-13-7-2-1-4-10(13)9-17-11-5-3-6-12(18)8-11/h1-2,4,7,11-12,14,17-18H,3,5-6,8-9H2. The molecule has 1 aliphatic carbocycles. The van der Waals surface area contributed by atoms with E-state index in [1.807, 2.05) is 0 Å². The van der Waals surface area contributed by atoms with Gasteiger partial charge in [0.1, 0.15) is 5.75 Å². The summed E-state index contributed by atoms with van der Waals surface area (Å²) in [7, 11) is 0. The van der Waals surface area contributed by atoms with Crippen molar-refractivity contribution >= 4 is 0 Å². The van der Waals surface area contributed by atoms with Crippen LogP contribution in [0.3, 0.4) is 0 Å². The molecular weight excluding hydrogens is 252 g/mol. The molecule has 0 spiro atoms. The number of hydrogen-bond donors (Lipinski definition) is 2. The first-order valence-corrected chi connectivity index (χ1v) is 6.59. The van der Waals surface area contributed by atoms with Gasteiger partial charge in [0.15, 0.2) is 0 Å². The van der Waals surface area contributed by atoms with Crippen LogP contribution in [0.5, 0.6) is 5.75 Å². The van der Waals surface area contributed by atoms with Gasteiger partial charge < -0.3 is 15.2 Å². The lowest BCUT2D eigenvalue weighted by Crippen LogP contribution is -2.35. The van der Waals surface area contributed by atoms with Crippen molar-refractivity contribution in [1.29, 1.82) is 0 Å². The molecule has 0 amide bonds.